The summed E-state index contributed by atoms with van der Waals surface area (Å²) in [5, 5.41) is 14.3. The molecule has 0 saturated carbocycles. The smallest absolute Gasteiger partial charge is 0.230 e. The quantitative estimate of drug-likeness (QED) is 0.395. The van der Waals surface area contributed by atoms with Gasteiger partial charge in [-0.05, 0) is 35.7 Å². The first-order chi connectivity index (χ1) is 14.7. The number of rotatable bonds is 9. The third-order valence-electron chi connectivity index (χ3n) is 4.31. The standard InChI is InChI=1S/C21H20N4O3S2/c1-27-16-6-2-5-15(11-16)20-23-24-21(25(20)13-17-7-3-9-28-17)30-14-19(26)22-12-18-8-4-10-29-18/h2-11H,12-14H2,1H3,(H,22,26). The number of benzene rings is 1. The molecule has 0 unspecified atom stereocenters. The Morgan fingerprint density at radius 2 is 2.17 bits per heavy atom. The lowest BCUT2D eigenvalue weighted by Gasteiger charge is -2.10. The second kappa shape index (κ2) is 9.64. The molecule has 0 radical (unpaired) electrons. The van der Waals surface area contributed by atoms with E-state index in [1.54, 1.807) is 24.7 Å². The summed E-state index contributed by atoms with van der Waals surface area (Å²) in [6.07, 6.45) is 1.63. The summed E-state index contributed by atoms with van der Waals surface area (Å²) in [5.74, 6) is 2.40. The Hall–Kier alpha value is -3.04. The Bertz CT molecular complexity index is 1090. The number of ether oxygens (including phenoxy) is 1. The highest BCUT2D eigenvalue weighted by atomic mass is 32.2. The van der Waals surface area contributed by atoms with Crippen molar-refractivity contribution >= 4 is 29.0 Å². The van der Waals surface area contributed by atoms with Crippen molar-refractivity contribution in [2.45, 2.75) is 18.2 Å². The normalized spacial score (nSPS) is 10.8. The van der Waals surface area contributed by atoms with Crippen LogP contribution in [-0.4, -0.2) is 33.5 Å². The van der Waals surface area contributed by atoms with Crippen LogP contribution in [0.2, 0.25) is 0 Å². The van der Waals surface area contributed by atoms with Gasteiger partial charge in [0.05, 0.1) is 32.2 Å². The van der Waals surface area contributed by atoms with Gasteiger partial charge in [-0.15, -0.1) is 21.5 Å². The van der Waals surface area contributed by atoms with Gasteiger partial charge in [0, 0.05) is 10.4 Å². The molecular formula is C21H20N4O3S2. The van der Waals surface area contributed by atoms with Crippen LogP contribution in [0, 0.1) is 0 Å². The van der Waals surface area contributed by atoms with Crippen LogP contribution < -0.4 is 10.1 Å². The van der Waals surface area contributed by atoms with Gasteiger partial charge in [-0.2, -0.15) is 0 Å². The largest absolute Gasteiger partial charge is 0.497 e. The lowest BCUT2D eigenvalue weighted by Crippen LogP contribution is -2.24. The van der Waals surface area contributed by atoms with Gasteiger partial charge in [0.1, 0.15) is 11.5 Å². The Morgan fingerprint density at radius 3 is 2.93 bits per heavy atom. The SMILES string of the molecule is COc1cccc(-c2nnc(SCC(=O)NCc3cccs3)n2Cc2ccco2)c1. The van der Waals surface area contributed by atoms with E-state index in [0.717, 1.165) is 22.0 Å². The van der Waals surface area contributed by atoms with E-state index in [-0.39, 0.29) is 11.7 Å². The number of methoxy groups -OCH3 is 1. The lowest BCUT2D eigenvalue weighted by atomic mass is 10.2. The molecular weight excluding hydrogens is 420 g/mol. The van der Waals surface area contributed by atoms with Crippen molar-refractivity contribution in [3.8, 4) is 17.1 Å². The van der Waals surface area contributed by atoms with Crippen LogP contribution in [0.4, 0.5) is 0 Å². The van der Waals surface area contributed by atoms with E-state index in [4.69, 9.17) is 9.15 Å². The molecule has 1 aromatic carbocycles. The van der Waals surface area contributed by atoms with Crippen molar-refractivity contribution in [3.63, 3.8) is 0 Å². The van der Waals surface area contributed by atoms with E-state index < -0.39 is 0 Å². The molecule has 0 aliphatic heterocycles. The summed E-state index contributed by atoms with van der Waals surface area (Å²) in [6.45, 7) is 0.997. The first kappa shape index (κ1) is 20.2. The molecule has 9 heteroatoms. The van der Waals surface area contributed by atoms with Crippen LogP contribution in [0.1, 0.15) is 10.6 Å². The number of hydrogen-bond acceptors (Lipinski definition) is 7. The predicted molar refractivity (Wildman–Crippen MR) is 117 cm³/mol. The Kier molecular flexibility index (Phi) is 6.50. The molecule has 1 amide bonds. The fourth-order valence-electron chi connectivity index (χ4n) is 2.85. The molecule has 0 fully saturated rings. The highest BCUT2D eigenvalue weighted by molar-refractivity contribution is 7.99. The van der Waals surface area contributed by atoms with E-state index in [1.807, 2.05) is 58.5 Å². The summed E-state index contributed by atoms with van der Waals surface area (Å²) in [7, 11) is 1.63. The molecule has 0 atom stereocenters. The van der Waals surface area contributed by atoms with Crippen molar-refractivity contribution in [1.82, 2.24) is 20.1 Å². The zero-order chi connectivity index (χ0) is 20.8. The van der Waals surface area contributed by atoms with E-state index in [1.165, 1.54) is 11.8 Å². The molecule has 0 bridgehead atoms. The predicted octanol–water partition coefficient (Wildman–Crippen LogP) is 4.07. The number of thioether (sulfide) groups is 1. The van der Waals surface area contributed by atoms with Crippen molar-refractivity contribution in [1.29, 1.82) is 0 Å². The average Bonchev–Trinajstić information content (AvgIpc) is 3.54. The number of carbonyl (C=O) groups is 1. The maximum atomic E-state index is 12.3. The molecule has 30 heavy (non-hydrogen) atoms. The van der Waals surface area contributed by atoms with E-state index in [9.17, 15) is 4.79 Å². The summed E-state index contributed by atoms with van der Waals surface area (Å²) in [5.41, 5.74) is 0.877. The van der Waals surface area contributed by atoms with Crippen molar-refractivity contribution in [2.75, 3.05) is 12.9 Å². The topological polar surface area (TPSA) is 82.2 Å². The molecule has 0 aliphatic carbocycles. The monoisotopic (exact) mass is 440 g/mol. The highest BCUT2D eigenvalue weighted by Crippen LogP contribution is 2.27. The van der Waals surface area contributed by atoms with Crippen LogP contribution in [0.15, 0.2) is 69.7 Å². The molecule has 154 valence electrons. The van der Waals surface area contributed by atoms with Gasteiger partial charge < -0.3 is 14.5 Å². The maximum absolute atomic E-state index is 12.3. The molecule has 7 nitrogen and oxygen atoms in total. The van der Waals surface area contributed by atoms with Gasteiger partial charge in [-0.3, -0.25) is 9.36 Å². The van der Waals surface area contributed by atoms with Crippen LogP contribution in [0.3, 0.4) is 0 Å². The Morgan fingerprint density at radius 1 is 1.23 bits per heavy atom. The van der Waals surface area contributed by atoms with Crippen LogP contribution in [0.25, 0.3) is 11.4 Å². The zero-order valence-electron chi connectivity index (χ0n) is 16.3. The Balaban J connectivity index is 1.51. The first-order valence-electron chi connectivity index (χ1n) is 9.25. The number of aromatic nitrogens is 3. The summed E-state index contributed by atoms with van der Waals surface area (Å²) < 4.78 is 12.8. The van der Waals surface area contributed by atoms with E-state index in [0.29, 0.717) is 24.1 Å². The fraction of sp³-hybridized carbons (Fsp3) is 0.190. The minimum absolute atomic E-state index is 0.0520. The minimum atomic E-state index is -0.0520. The first-order valence-corrected chi connectivity index (χ1v) is 11.1. The number of nitrogens with zero attached hydrogens (tertiary/aromatic N) is 3. The molecule has 4 aromatic rings. The molecule has 0 spiro atoms. The number of thiophene rings is 1. The van der Waals surface area contributed by atoms with Gasteiger partial charge in [0.25, 0.3) is 0 Å². The van der Waals surface area contributed by atoms with E-state index in [2.05, 4.69) is 15.5 Å². The average molecular weight is 441 g/mol. The van der Waals surface area contributed by atoms with Crippen molar-refractivity contribution in [2.24, 2.45) is 0 Å². The summed E-state index contributed by atoms with van der Waals surface area (Å²) in [6, 6.07) is 15.4. The highest BCUT2D eigenvalue weighted by Gasteiger charge is 2.17. The minimum Gasteiger partial charge on any atom is -0.497 e. The number of furan rings is 1. The molecule has 4 rings (SSSR count). The molecule has 3 aromatic heterocycles. The van der Waals surface area contributed by atoms with Gasteiger partial charge in [-0.25, -0.2) is 0 Å². The van der Waals surface area contributed by atoms with Crippen LogP contribution >= 0.6 is 23.1 Å². The molecule has 3 heterocycles. The number of nitrogens with one attached hydrogen (secondary N) is 1. The van der Waals surface area contributed by atoms with Gasteiger partial charge >= 0.3 is 0 Å². The van der Waals surface area contributed by atoms with Crippen LogP contribution in [0.5, 0.6) is 5.75 Å². The van der Waals surface area contributed by atoms with Crippen molar-refractivity contribution in [3.05, 3.63) is 70.8 Å². The van der Waals surface area contributed by atoms with Crippen LogP contribution in [-0.2, 0) is 17.9 Å². The molecule has 1 N–H and O–H groups in total. The maximum Gasteiger partial charge on any atom is 0.230 e. The van der Waals surface area contributed by atoms with Crippen molar-refractivity contribution < 1.29 is 13.9 Å². The van der Waals surface area contributed by atoms with E-state index >= 15 is 0 Å². The molecule has 0 aliphatic rings. The van der Waals surface area contributed by atoms with Gasteiger partial charge in [-0.1, -0.05) is 30.0 Å². The number of carbonyl (C=O) groups excluding carboxylic acids is 1. The Labute approximate surface area is 182 Å². The van der Waals surface area contributed by atoms with Gasteiger partial charge in [0.15, 0.2) is 11.0 Å². The summed E-state index contributed by atoms with van der Waals surface area (Å²) >= 11 is 2.97. The summed E-state index contributed by atoms with van der Waals surface area (Å²) in [4.78, 5) is 13.4. The lowest BCUT2D eigenvalue weighted by molar-refractivity contribution is -0.118. The number of hydrogen-bond donors (Lipinski definition) is 1. The third-order valence-corrected chi connectivity index (χ3v) is 6.15. The zero-order valence-corrected chi connectivity index (χ0v) is 17.9. The molecule has 0 saturated heterocycles. The number of amides is 1. The second-order valence-corrected chi connectivity index (χ2v) is 8.32. The van der Waals surface area contributed by atoms with Gasteiger partial charge in [0.2, 0.25) is 5.91 Å². The fourth-order valence-corrected chi connectivity index (χ4v) is 4.26. The second-order valence-electron chi connectivity index (χ2n) is 6.35. The third kappa shape index (κ3) is 4.92.